The van der Waals surface area contributed by atoms with Crippen LogP contribution < -0.4 is 0 Å². The van der Waals surface area contributed by atoms with Gasteiger partial charge in [0.2, 0.25) is 0 Å². The second kappa shape index (κ2) is 6.02. The standard InChI is InChI=1S/C12H22O5S/c1-8(2)11(12(13)14)18(15,16)10-6-4-5-9(7-10)17-3/h8-11H,4-7H2,1-3H3,(H,13,14). The van der Waals surface area contributed by atoms with E-state index in [1.165, 1.54) is 0 Å². The summed E-state index contributed by atoms with van der Waals surface area (Å²) >= 11 is 0. The van der Waals surface area contributed by atoms with Gasteiger partial charge in [-0.25, -0.2) is 8.42 Å². The van der Waals surface area contributed by atoms with Gasteiger partial charge in [0.05, 0.1) is 11.4 Å². The van der Waals surface area contributed by atoms with Crippen LogP contribution >= 0.6 is 0 Å². The Morgan fingerprint density at radius 2 is 1.94 bits per heavy atom. The Hall–Kier alpha value is -0.620. The lowest BCUT2D eigenvalue weighted by Crippen LogP contribution is -2.43. The smallest absolute Gasteiger partial charge is 0.322 e. The summed E-state index contributed by atoms with van der Waals surface area (Å²) in [6.45, 7) is 3.26. The molecule has 0 bridgehead atoms. The molecule has 0 heterocycles. The molecule has 1 aliphatic rings. The third-order valence-corrected chi connectivity index (χ3v) is 6.39. The van der Waals surface area contributed by atoms with Crippen LogP contribution in [0.15, 0.2) is 0 Å². The van der Waals surface area contributed by atoms with E-state index in [9.17, 15) is 13.2 Å². The highest BCUT2D eigenvalue weighted by Crippen LogP contribution is 2.30. The lowest BCUT2D eigenvalue weighted by atomic mass is 9.97. The summed E-state index contributed by atoms with van der Waals surface area (Å²) in [6.07, 6.45) is 2.50. The van der Waals surface area contributed by atoms with Gasteiger partial charge in [0.15, 0.2) is 15.1 Å². The summed E-state index contributed by atoms with van der Waals surface area (Å²) in [5, 5.41) is 7.23. The summed E-state index contributed by atoms with van der Waals surface area (Å²) in [5.74, 6) is -1.67. The van der Waals surface area contributed by atoms with Gasteiger partial charge in [-0.05, 0) is 31.6 Å². The number of carboxylic acid groups (broad SMARTS) is 1. The maximum Gasteiger partial charge on any atom is 0.322 e. The summed E-state index contributed by atoms with van der Waals surface area (Å²) in [4.78, 5) is 11.2. The minimum Gasteiger partial charge on any atom is -0.480 e. The molecule has 0 aromatic carbocycles. The van der Waals surface area contributed by atoms with Crippen molar-refractivity contribution < 1.29 is 23.1 Å². The lowest BCUT2D eigenvalue weighted by molar-refractivity contribution is -0.137. The van der Waals surface area contributed by atoms with Crippen molar-refractivity contribution in [3.05, 3.63) is 0 Å². The minimum absolute atomic E-state index is 0.0693. The van der Waals surface area contributed by atoms with Crippen LogP contribution in [0.2, 0.25) is 0 Å². The third kappa shape index (κ3) is 3.23. The molecule has 0 amide bonds. The average molecular weight is 278 g/mol. The molecule has 0 saturated heterocycles. The number of rotatable bonds is 5. The summed E-state index contributed by atoms with van der Waals surface area (Å²) < 4.78 is 30.0. The fourth-order valence-electron chi connectivity index (χ4n) is 2.63. The Labute approximate surface area is 108 Å². The number of hydrogen-bond donors (Lipinski definition) is 1. The van der Waals surface area contributed by atoms with Gasteiger partial charge in [0, 0.05) is 7.11 Å². The minimum atomic E-state index is -3.65. The van der Waals surface area contributed by atoms with E-state index in [1.807, 2.05) is 0 Å². The van der Waals surface area contributed by atoms with Gasteiger partial charge < -0.3 is 9.84 Å². The molecular weight excluding hydrogens is 256 g/mol. The molecule has 3 unspecified atom stereocenters. The molecule has 0 aliphatic heterocycles. The van der Waals surface area contributed by atoms with Gasteiger partial charge in [-0.3, -0.25) is 4.79 Å². The molecule has 5 nitrogen and oxygen atoms in total. The number of carboxylic acids is 1. The van der Waals surface area contributed by atoms with Crippen LogP contribution in [0.4, 0.5) is 0 Å². The molecule has 3 atom stereocenters. The van der Waals surface area contributed by atoms with Crippen molar-refractivity contribution in [2.45, 2.75) is 56.1 Å². The average Bonchev–Trinajstić information content (AvgIpc) is 2.27. The van der Waals surface area contributed by atoms with Gasteiger partial charge in [-0.2, -0.15) is 0 Å². The first kappa shape index (κ1) is 15.4. The van der Waals surface area contributed by atoms with E-state index in [0.717, 1.165) is 12.8 Å². The zero-order valence-electron chi connectivity index (χ0n) is 11.1. The van der Waals surface area contributed by atoms with Gasteiger partial charge in [-0.15, -0.1) is 0 Å². The molecule has 0 radical (unpaired) electrons. The monoisotopic (exact) mass is 278 g/mol. The molecule has 18 heavy (non-hydrogen) atoms. The number of methoxy groups -OCH3 is 1. The molecule has 0 aromatic heterocycles. The van der Waals surface area contributed by atoms with Crippen molar-refractivity contribution in [3.8, 4) is 0 Å². The zero-order valence-corrected chi connectivity index (χ0v) is 11.9. The van der Waals surface area contributed by atoms with E-state index in [-0.39, 0.29) is 6.10 Å². The van der Waals surface area contributed by atoms with Crippen molar-refractivity contribution in [3.63, 3.8) is 0 Å². The van der Waals surface area contributed by atoms with Crippen molar-refractivity contribution >= 4 is 15.8 Å². The largest absolute Gasteiger partial charge is 0.480 e. The van der Waals surface area contributed by atoms with Crippen molar-refractivity contribution in [2.75, 3.05) is 7.11 Å². The molecule has 1 aliphatic carbocycles. The molecule has 1 fully saturated rings. The van der Waals surface area contributed by atoms with Crippen molar-refractivity contribution in [1.29, 1.82) is 0 Å². The number of hydrogen-bond acceptors (Lipinski definition) is 4. The SMILES string of the molecule is COC1CCCC(S(=O)(=O)C(C(=O)O)C(C)C)C1. The Balaban J connectivity index is 2.94. The first-order valence-corrected chi connectivity index (χ1v) is 7.90. The van der Waals surface area contributed by atoms with Crippen LogP contribution in [0.5, 0.6) is 0 Å². The normalized spacial score (nSPS) is 27.1. The zero-order chi connectivity index (χ0) is 13.9. The number of sulfone groups is 1. The van der Waals surface area contributed by atoms with Gasteiger partial charge in [-0.1, -0.05) is 13.8 Å². The first-order chi connectivity index (χ1) is 8.30. The number of carbonyl (C=O) groups is 1. The van der Waals surface area contributed by atoms with Crippen molar-refractivity contribution in [2.24, 2.45) is 5.92 Å². The predicted molar refractivity (Wildman–Crippen MR) is 68.2 cm³/mol. The highest BCUT2D eigenvalue weighted by Gasteiger charge is 2.42. The Kier molecular flexibility index (Phi) is 5.16. The molecular formula is C12H22O5S. The third-order valence-electron chi connectivity index (χ3n) is 3.58. The molecule has 0 spiro atoms. The van der Waals surface area contributed by atoms with E-state index in [2.05, 4.69) is 0 Å². The highest BCUT2D eigenvalue weighted by molar-refractivity contribution is 7.93. The topological polar surface area (TPSA) is 80.7 Å². The van der Waals surface area contributed by atoms with E-state index < -0.39 is 32.2 Å². The van der Waals surface area contributed by atoms with E-state index in [4.69, 9.17) is 9.84 Å². The van der Waals surface area contributed by atoms with E-state index >= 15 is 0 Å². The number of ether oxygens (including phenoxy) is 1. The van der Waals surface area contributed by atoms with E-state index in [0.29, 0.717) is 12.8 Å². The van der Waals surface area contributed by atoms with E-state index in [1.54, 1.807) is 21.0 Å². The lowest BCUT2D eigenvalue weighted by Gasteiger charge is -2.30. The van der Waals surface area contributed by atoms with Crippen LogP contribution in [0.3, 0.4) is 0 Å². The number of aliphatic carboxylic acids is 1. The highest BCUT2D eigenvalue weighted by atomic mass is 32.2. The Morgan fingerprint density at radius 3 is 2.39 bits per heavy atom. The quantitative estimate of drug-likeness (QED) is 0.823. The maximum absolute atomic E-state index is 12.4. The fraction of sp³-hybridized carbons (Fsp3) is 0.917. The predicted octanol–water partition coefficient (Wildman–Crippen LogP) is 1.47. The van der Waals surface area contributed by atoms with Gasteiger partial charge >= 0.3 is 5.97 Å². The molecule has 106 valence electrons. The maximum atomic E-state index is 12.4. The van der Waals surface area contributed by atoms with Crippen LogP contribution in [0.1, 0.15) is 39.5 Å². The summed E-state index contributed by atoms with van der Waals surface area (Å²) in [6, 6.07) is 0. The van der Waals surface area contributed by atoms with Crippen LogP contribution in [0.25, 0.3) is 0 Å². The second-order valence-electron chi connectivity index (χ2n) is 5.24. The summed E-state index contributed by atoms with van der Waals surface area (Å²) in [7, 11) is -2.08. The molecule has 6 heteroatoms. The second-order valence-corrected chi connectivity index (χ2v) is 7.59. The van der Waals surface area contributed by atoms with Crippen LogP contribution in [-0.2, 0) is 19.4 Å². The van der Waals surface area contributed by atoms with Crippen LogP contribution in [-0.4, -0.2) is 43.2 Å². The fourth-order valence-corrected chi connectivity index (χ4v) is 5.06. The molecule has 0 aromatic rings. The molecule has 1 saturated carbocycles. The van der Waals surface area contributed by atoms with Gasteiger partial charge in [0.25, 0.3) is 0 Å². The van der Waals surface area contributed by atoms with Gasteiger partial charge in [0.1, 0.15) is 0 Å². The Morgan fingerprint density at radius 1 is 1.33 bits per heavy atom. The summed E-state index contributed by atoms with van der Waals surface area (Å²) in [5.41, 5.74) is 0. The molecule has 1 rings (SSSR count). The van der Waals surface area contributed by atoms with Crippen molar-refractivity contribution in [1.82, 2.24) is 0 Å². The molecule has 1 N–H and O–H groups in total. The Bertz CT molecular complexity index is 387. The first-order valence-electron chi connectivity index (χ1n) is 6.29. The van der Waals surface area contributed by atoms with Crippen LogP contribution in [0, 0.1) is 5.92 Å².